The fraction of sp³-hybridized carbons (Fsp3) is 0.286. The number of ether oxygens (including phenoxy) is 3. The molecule has 2 aromatic carbocycles. The number of nitrogens with one attached hydrogen (secondary N) is 1. The molecule has 0 spiro atoms. The predicted octanol–water partition coefficient (Wildman–Crippen LogP) is 2.21. The zero-order chi connectivity index (χ0) is 20.6. The van der Waals surface area contributed by atoms with Gasteiger partial charge in [-0.2, -0.15) is 0 Å². The lowest BCUT2D eigenvalue weighted by molar-refractivity contribution is -0.131. The van der Waals surface area contributed by atoms with Crippen molar-refractivity contribution < 1.29 is 28.6 Å². The minimum atomic E-state index is -1.23. The fourth-order valence-electron chi connectivity index (χ4n) is 3.49. The molecule has 1 saturated heterocycles. The summed E-state index contributed by atoms with van der Waals surface area (Å²) in [6.07, 6.45) is 0. The summed E-state index contributed by atoms with van der Waals surface area (Å²) in [7, 11) is 1.30. The van der Waals surface area contributed by atoms with Crippen LogP contribution in [0.5, 0.6) is 11.5 Å². The number of imide groups is 1. The first kappa shape index (κ1) is 18.8. The summed E-state index contributed by atoms with van der Waals surface area (Å²) in [6, 6.07) is 11.3. The molecule has 150 valence electrons. The molecule has 2 heterocycles. The van der Waals surface area contributed by atoms with Gasteiger partial charge in [0.15, 0.2) is 11.5 Å². The summed E-state index contributed by atoms with van der Waals surface area (Å²) in [5.74, 6) is 0.283. The van der Waals surface area contributed by atoms with Crippen LogP contribution in [0.4, 0.5) is 4.79 Å². The predicted molar refractivity (Wildman–Crippen MR) is 102 cm³/mol. The zero-order valence-corrected chi connectivity index (χ0v) is 16.1. The van der Waals surface area contributed by atoms with Crippen LogP contribution in [0.15, 0.2) is 42.5 Å². The summed E-state index contributed by atoms with van der Waals surface area (Å²) in [6.45, 7) is 2.59. The van der Waals surface area contributed by atoms with Crippen molar-refractivity contribution in [1.29, 1.82) is 0 Å². The Bertz CT molecular complexity index is 1000. The standard InChI is InChI=1S/C21H20N2O6/c1-21(15-6-7-16-17(11-15)29-9-8-28-16)19(25)23(20(26)22-21)12-13-4-3-5-14(10-13)18(24)27-2/h3-7,10-11H,8-9,12H2,1-2H3,(H,22,26)/t21-/m1/s1. The molecule has 8 nitrogen and oxygen atoms in total. The van der Waals surface area contributed by atoms with E-state index in [0.717, 1.165) is 4.90 Å². The number of hydrogen-bond acceptors (Lipinski definition) is 6. The molecule has 29 heavy (non-hydrogen) atoms. The molecule has 2 aliphatic rings. The molecule has 4 rings (SSSR count). The van der Waals surface area contributed by atoms with E-state index in [0.29, 0.717) is 41.4 Å². The molecule has 1 fully saturated rings. The number of hydrogen-bond donors (Lipinski definition) is 1. The molecule has 2 aliphatic heterocycles. The van der Waals surface area contributed by atoms with Crippen molar-refractivity contribution in [2.75, 3.05) is 20.3 Å². The van der Waals surface area contributed by atoms with Crippen molar-refractivity contribution in [3.05, 3.63) is 59.2 Å². The molecule has 0 aliphatic carbocycles. The van der Waals surface area contributed by atoms with Gasteiger partial charge in [-0.25, -0.2) is 9.59 Å². The Morgan fingerprint density at radius 3 is 2.66 bits per heavy atom. The number of methoxy groups -OCH3 is 1. The van der Waals surface area contributed by atoms with Crippen LogP contribution >= 0.6 is 0 Å². The Morgan fingerprint density at radius 1 is 1.14 bits per heavy atom. The molecule has 1 N–H and O–H groups in total. The lowest BCUT2D eigenvalue weighted by Crippen LogP contribution is -2.41. The van der Waals surface area contributed by atoms with Gasteiger partial charge in [0.1, 0.15) is 18.8 Å². The van der Waals surface area contributed by atoms with Gasteiger partial charge in [0.25, 0.3) is 5.91 Å². The number of amides is 3. The van der Waals surface area contributed by atoms with Crippen LogP contribution in [0, 0.1) is 0 Å². The van der Waals surface area contributed by atoms with E-state index in [9.17, 15) is 14.4 Å². The molecule has 1 atom stereocenters. The average molecular weight is 396 g/mol. The number of benzene rings is 2. The fourth-order valence-corrected chi connectivity index (χ4v) is 3.49. The Balaban J connectivity index is 1.60. The number of nitrogens with zero attached hydrogens (tertiary/aromatic N) is 1. The maximum absolute atomic E-state index is 13.2. The quantitative estimate of drug-likeness (QED) is 0.629. The van der Waals surface area contributed by atoms with Gasteiger partial charge < -0.3 is 19.5 Å². The second-order valence-corrected chi connectivity index (χ2v) is 7.00. The number of rotatable bonds is 4. The van der Waals surface area contributed by atoms with Crippen LogP contribution in [0.25, 0.3) is 0 Å². The highest BCUT2D eigenvalue weighted by molar-refractivity contribution is 6.07. The molecule has 0 radical (unpaired) electrons. The maximum Gasteiger partial charge on any atom is 0.337 e. The summed E-state index contributed by atoms with van der Waals surface area (Å²) in [5.41, 5.74) is 0.368. The molecule has 3 amide bonds. The van der Waals surface area contributed by atoms with Crippen LogP contribution in [-0.2, 0) is 21.6 Å². The van der Waals surface area contributed by atoms with Crippen molar-refractivity contribution in [2.24, 2.45) is 0 Å². The van der Waals surface area contributed by atoms with Crippen LogP contribution in [0.2, 0.25) is 0 Å². The SMILES string of the molecule is COC(=O)c1cccc(CN2C(=O)N[C@](C)(c3ccc4c(c3)OCCO4)C2=O)c1. The second kappa shape index (κ2) is 7.12. The van der Waals surface area contributed by atoms with E-state index in [1.54, 1.807) is 49.4 Å². The van der Waals surface area contributed by atoms with Gasteiger partial charge in [-0.05, 0) is 42.3 Å². The topological polar surface area (TPSA) is 94.2 Å². The highest BCUT2D eigenvalue weighted by atomic mass is 16.6. The average Bonchev–Trinajstić information content (AvgIpc) is 2.97. The van der Waals surface area contributed by atoms with Crippen molar-refractivity contribution in [3.63, 3.8) is 0 Å². The molecule has 0 bridgehead atoms. The summed E-state index contributed by atoms with van der Waals surface area (Å²) >= 11 is 0. The first-order valence-electron chi connectivity index (χ1n) is 9.14. The minimum Gasteiger partial charge on any atom is -0.486 e. The van der Waals surface area contributed by atoms with E-state index >= 15 is 0 Å². The lowest BCUT2D eigenvalue weighted by atomic mass is 9.91. The first-order valence-corrected chi connectivity index (χ1v) is 9.14. The number of esters is 1. The van der Waals surface area contributed by atoms with Gasteiger partial charge in [-0.3, -0.25) is 9.69 Å². The molecule has 2 aromatic rings. The Kier molecular flexibility index (Phi) is 4.62. The largest absolute Gasteiger partial charge is 0.486 e. The maximum atomic E-state index is 13.2. The van der Waals surface area contributed by atoms with Gasteiger partial charge in [-0.1, -0.05) is 18.2 Å². The first-order chi connectivity index (χ1) is 13.9. The van der Waals surface area contributed by atoms with E-state index < -0.39 is 17.5 Å². The van der Waals surface area contributed by atoms with E-state index in [-0.39, 0.29) is 12.5 Å². The molecular formula is C21H20N2O6. The van der Waals surface area contributed by atoms with Crippen LogP contribution in [0.3, 0.4) is 0 Å². The third-order valence-electron chi connectivity index (χ3n) is 5.08. The third-order valence-corrected chi connectivity index (χ3v) is 5.08. The number of carbonyl (C=O) groups is 3. The van der Waals surface area contributed by atoms with E-state index in [2.05, 4.69) is 5.32 Å². The van der Waals surface area contributed by atoms with E-state index in [4.69, 9.17) is 14.2 Å². The molecule has 8 heteroatoms. The number of carbonyl (C=O) groups excluding carboxylic acids is 3. The van der Waals surface area contributed by atoms with Crippen LogP contribution < -0.4 is 14.8 Å². The van der Waals surface area contributed by atoms with Crippen LogP contribution in [-0.4, -0.2) is 43.1 Å². The van der Waals surface area contributed by atoms with Crippen LogP contribution in [0.1, 0.15) is 28.4 Å². The normalized spacial score (nSPS) is 20.4. The summed E-state index contributed by atoms with van der Waals surface area (Å²) in [4.78, 5) is 38.6. The van der Waals surface area contributed by atoms with Crippen molar-refractivity contribution >= 4 is 17.9 Å². The molecule has 0 saturated carbocycles. The number of fused-ring (bicyclic) bond motifs is 1. The van der Waals surface area contributed by atoms with Crippen molar-refractivity contribution in [3.8, 4) is 11.5 Å². The Labute approximate surface area is 167 Å². The molecular weight excluding hydrogens is 376 g/mol. The van der Waals surface area contributed by atoms with Crippen molar-refractivity contribution in [2.45, 2.75) is 19.0 Å². The summed E-state index contributed by atoms with van der Waals surface area (Å²) in [5, 5.41) is 2.77. The van der Waals surface area contributed by atoms with E-state index in [1.165, 1.54) is 7.11 Å². The minimum absolute atomic E-state index is 0.0373. The van der Waals surface area contributed by atoms with Gasteiger partial charge >= 0.3 is 12.0 Å². The molecule has 0 aromatic heterocycles. The summed E-state index contributed by atoms with van der Waals surface area (Å²) < 4.78 is 15.8. The zero-order valence-electron chi connectivity index (χ0n) is 16.1. The third kappa shape index (κ3) is 3.26. The Morgan fingerprint density at radius 2 is 1.90 bits per heavy atom. The monoisotopic (exact) mass is 396 g/mol. The second-order valence-electron chi connectivity index (χ2n) is 7.00. The van der Waals surface area contributed by atoms with Gasteiger partial charge in [-0.15, -0.1) is 0 Å². The highest BCUT2D eigenvalue weighted by Gasteiger charge is 2.49. The Hall–Kier alpha value is -3.55. The highest BCUT2D eigenvalue weighted by Crippen LogP contribution is 2.37. The molecule has 0 unspecified atom stereocenters. The van der Waals surface area contributed by atoms with Crippen molar-refractivity contribution in [1.82, 2.24) is 10.2 Å². The van der Waals surface area contributed by atoms with Gasteiger partial charge in [0.2, 0.25) is 0 Å². The lowest BCUT2D eigenvalue weighted by Gasteiger charge is -2.25. The van der Waals surface area contributed by atoms with Gasteiger partial charge in [0.05, 0.1) is 19.2 Å². The van der Waals surface area contributed by atoms with E-state index in [1.807, 2.05) is 0 Å². The number of urea groups is 1. The van der Waals surface area contributed by atoms with Gasteiger partial charge in [0, 0.05) is 0 Å². The smallest absolute Gasteiger partial charge is 0.337 e.